The highest BCUT2D eigenvalue weighted by atomic mass is 16.5. The van der Waals surface area contributed by atoms with Crippen molar-refractivity contribution >= 4 is 0 Å². The SMILES string of the molecule is CCNCc1cccc(OCCOCCOCC)c1. The van der Waals surface area contributed by atoms with Gasteiger partial charge in [-0.15, -0.1) is 0 Å². The van der Waals surface area contributed by atoms with Gasteiger partial charge in [-0.1, -0.05) is 19.1 Å². The van der Waals surface area contributed by atoms with E-state index in [0.29, 0.717) is 26.4 Å². The third-order valence-electron chi connectivity index (χ3n) is 2.55. The van der Waals surface area contributed by atoms with E-state index < -0.39 is 0 Å². The highest BCUT2D eigenvalue weighted by Crippen LogP contribution is 2.12. The van der Waals surface area contributed by atoms with Crippen molar-refractivity contribution in [2.45, 2.75) is 20.4 Å². The topological polar surface area (TPSA) is 39.7 Å². The van der Waals surface area contributed by atoms with Gasteiger partial charge in [0.1, 0.15) is 12.4 Å². The largest absolute Gasteiger partial charge is 0.491 e. The molecule has 1 aromatic rings. The molecule has 0 unspecified atom stereocenters. The van der Waals surface area contributed by atoms with E-state index in [4.69, 9.17) is 14.2 Å². The zero-order valence-corrected chi connectivity index (χ0v) is 12.0. The summed E-state index contributed by atoms with van der Waals surface area (Å²) in [6.45, 7) is 9.08. The molecule has 0 bridgehead atoms. The molecule has 0 spiro atoms. The number of ether oxygens (including phenoxy) is 3. The first-order chi connectivity index (χ1) is 9.36. The van der Waals surface area contributed by atoms with Crippen LogP contribution in [0.25, 0.3) is 0 Å². The number of hydrogen-bond donors (Lipinski definition) is 1. The Labute approximate surface area is 116 Å². The van der Waals surface area contributed by atoms with Gasteiger partial charge in [-0.05, 0) is 31.2 Å². The molecule has 0 aliphatic rings. The summed E-state index contributed by atoms with van der Waals surface area (Å²) in [5.41, 5.74) is 1.23. The van der Waals surface area contributed by atoms with Crippen LogP contribution < -0.4 is 10.1 Å². The predicted octanol–water partition coefficient (Wildman–Crippen LogP) is 2.23. The molecule has 0 amide bonds. The van der Waals surface area contributed by atoms with E-state index in [1.165, 1.54) is 5.56 Å². The number of hydrogen-bond acceptors (Lipinski definition) is 4. The van der Waals surface area contributed by atoms with Crippen LogP contribution in [-0.2, 0) is 16.0 Å². The highest BCUT2D eigenvalue weighted by molar-refractivity contribution is 5.28. The fraction of sp³-hybridized carbons (Fsp3) is 0.600. The fourth-order valence-corrected chi connectivity index (χ4v) is 1.60. The van der Waals surface area contributed by atoms with E-state index in [1.807, 2.05) is 19.1 Å². The minimum atomic E-state index is 0.566. The zero-order valence-electron chi connectivity index (χ0n) is 12.0. The van der Waals surface area contributed by atoms with Gasteiger partial charge in [-0.3, -0.25) is 0 Å². The van der Waals surface area contributed by atoms with Crippen LogP contribution in [0.15, 0.2) is 24.3 Å². The Morgan fingerprint density at radius 3 is 2.58 bits per heavy atom. The third-order valence-corrected chi connectivity index (χ3v) is 2.55. The van der Waals surface area contributed by atoms with Crippen molar-refractivity contribution in [2.75, 3.05) is 39.6 Å². The van der Waals surface area contributed by atoms with Crippen molar-refractivity contribution in [3.63, 3.8) is 0 Å². The molecule has 0 aromatic heterocycles. The van der Waals surface area contributed by atoms with Gasteiger partial charge in [0.2, 0.25) is 0 Å². The van der Waals surface area contributed by atoms with E-state index in [1.54, 1.807) is 0 Å². The standard InChI is InChI=1S/C15H25NO3/c1-3-16-13-14-6-5-7-15(12-14)19-11-10-18-9-8-17-4-2/h5-7,12,16H,3-4,8-11,13H2,1-2H3. The van der Waals surface area contributed by atoms with Crippen LogP contribution in [0.3, 0.4) is 0 Å². The highest BCUT2D eigenvalue weighted by Gasteiger charge is 1.97. The van der Waals surface area contributed by atoms with Crippen molar-refractivity contribution < 1.29 is 14.2 Å². The average molecular weight is 267 g/mol. The van der Waals surface area contributed by atoms with Gasteiger partial charge in [0.25, 0.3) is 0 Å². The van der Waals surface area contributed by atoms with E-state index in [2.05, 4.69) is 24.4 Å². The summed E-state index contributed by atoms with van der Waals surface area (Å²) in [5, 5.41) is 3.29. The van der Waals surface area contributed by atoms with Gasteiger partial charge in [0.05, 0.1) is 19.8 Å². The Morgan fingerprint density at radius 1 is 1.00 bits per heavy atom. The van der Waals surface area contributed by atoms with Crippen molar-refractivity contribution in [1.82, 2.24) is 5.32 Å². The Balaban J connectivity index is 2.14. The molecule has 4 heteroatoms. The summed E-state index contributed by atoms with van der Waals surface area (Å²) in [5.74, 6) is 0.892. The van der Waals surface area contributed by atoms with Gasteiger partial charge in [0, 0.05) is 13.2 Å². The van der Waals surface area contributed by atoms with Crippen LogP contribution in [0.4, 0.5) is 0 Å². The lowest BCUT2D eigenvalue weighted by Crippen LogP contribution is -2.12. The zero-order chi connectivity index (χ0) is 13.8. The molecule has 0 atom stereocenters. The van der Waals surface area contributed by atoms with Crippen LogP contribution in [-0.4, -0.2) is 39.6 Å². The van der Waals surface area contributed by atoms with E-state index in [0.717, 1.165) is 25.4 Å². The van der Waals surface area contributed by atoms with Gasteiger partial charge in [-0.2, -0.15) is 0 Å². The monoisotopic (exact) mass is 267 g/mol. The lowest BCUT2D eigenvalue weighted by molar-refractivity contribution is 0.0405. The van der Waals surface area contributed by atoms with Gasteiger partial charge in [0.15, 0.2) is 0 Å². The van der Waals surface area contributed by atoms with Crippen LogP contribution in [0, 0.1) is 0 Å². The summed E-state index contributed by atoms with van der Waals surface area (Å²) >= 11 is 0. The van der Waals surface area contributed by atoms with Crippen molar-refractivity contribution in [3.8, 4) is 5.75 Å². The summed E-state index contributed by atoms with van der Waals surface area (Å²) in [6, 6.07) is 8.13. The quantitative estimate of drug-likeness (QED) is 0.624. The number of nitrogens with one attached hydrogen (secondary N) is 1. The minimum absolute atomic E-state index is 0.566. The molecule has 0 saturated heterocycles. The molecule has 0 saturated carbocycles. The first kappa shape index (κ1) is 16.0. The van der Waals surface area contributed by atoms with E-state index in [-0.39, 0.29) is 0 Å². The smallest absolute Gasteiger partial charge is 0.119 e. The first-order valence-electron chi connectivity index (χ1n) is 6.94. The maximum atomic E-state index is 5.64. The Hall–Kier alpha value is -1.10. The Morgan fingerprint density at radius 2 is 1.79 bits per heavy atom. The predicted molar refractivity (Wildman–Crippen MR) is 76.6 cm³/mol. The van der Waals surface area contributed by atoms with E-state index >= 15 is 0 Å². The lowest BCUT2D eigenvalue weighted by atomic mass is 10.2. The average Bonchev–Trinajstić information content (AvgIpc) is 2.44. The van der Waals surface area contributed by atoms with Crippen molar-refractivity contribution in [3.05, 3.63) is 29.8 Å². The second kappa shape index (κ2) is 10.8. The molecule has 19 heavy (non-hydrogen) atoms. The van der Waals surface area contributed by atoms with Crippen LogP contribution in [0.5, 0.6) is 5.75 Å². The van der Waals surface area contributed by atoms with Crippen molar-refractivity contribution in [1.29, 1.82) is 0 Å². The normalized spacial score (nSPS) is 10.6. The van der Waals surface area contributed by atoms with Crippen LogP contribution in [0.2, 0.25) is 0 Å². The molecule has 1 aromatic carbocycles. The number of rotatable bonds is 11. The second-order valence-corrected chi connectivity index (χ2v) is 4.09. The molecule has 0 heterocycles. The third kappa shape index (κ3) is 7.82. The summed E-state index contributed by atoms with van der Waals surface area (Å²) in [4.78, 5) is 0. The molecule has 0 radical (unpaired) electrons. The second-order valence-electron chi connectivity index (χ2n) is 4.09. The Bertz CT molecular complexity index is 331. The first-order valence-corrected chi connectivity index (χ1v) is 6.94. The Kier molecular flexibility index (Phi) is 9.06. The maximum absolute atomic E-state index is 5.64. The maximum Gasteiger partial charge on any atom is 0.119 e. The van der Waals surface area contributed by atoms with Crippen molar-refractivity contribution in [2.24, 2.45) is 0 Å². The summed E-state index contributed by atoms with van der Waals surface area (Å²) in [7, 11) is 0. The van der Waals surface area contributed by atoms with Gasteiger partial charge >= 0.3 is 0 Å². The van der Waals surface area contributed by atoms with Gasteiger partial charge < -0.3 is 19.5 Å². The molecular formula is C15H25NO3. The minimum Gasteiger partial charge on any atom is -0.491 e. The van der Waals surface area contributed by atoms with Crippen LogP contribution >= 0.6 is 0 Å². The number of benzene rings is 1. The summed E-state index contributed by atoms with van der Waals surface area (Å²) < 4.78 is 16.2. The van der Waals surface area contributed by atoms with Crippen LogP contribution in [0.1, 0.15) is 19.4 Å². The van der Waals surface area contributed by atoms with E-state index in [9.17, 15) is 0 Å². The molecular weight excluding hydrogens is 242 g/mol. The summed E-state index contributed by atoms with van der Waals surface area (Å²) in [6.07, 6.45) is 0. The molecule has 1 N–H and O–H groups in total. The lowest BCUT2D eigenvalue weighted by Gasteiger charge is -2.09. The molecule has 108 valence electrons. The molecule has 1 rings (SSSR count). The molecule has 4 nitrogen and oxygen atoms in total. The molecule has 0 aliphatic carbocycles. The molecule has 0 fully saturated rings. The molecule has 0 aliphatic heterocycles. The van der Waals surface area contributed by atoms with Gasteiger partial charge in [-0.25, -0.2) is 0 Å². The fourth-order valence-electron chi connectivity index (χ4n) is 1.60.